The number of nitriles is 1. The lowest BCUT2D eigenvalue weighted by molar-refractivity contribution is 0.0283. The number of aromatic nitrogens is 1. The van der Waals surface area contributed by atoms with Gasteiger partial charge in [0.25, 0.3) is 0 Å². The molecule has 0 aliphatic carbocycles. The molecule has 0 bridgehead atoms. The van der Waals surface area contributed by atoms with E-state index in [-0.39, 0.29) is 6.23 Å². The van der Waals surface area contributed by atoms with Crippen LogP contribution in [0.25, 0.3) is 10.9 Å². The molecule has 2 aliphatic rings. The van der Waals surface area contributed by atoms with Gasteiger partial charge >= 0.3 is 0 Å². The monoisotopic (exact) mass is 585 g/mol. The largest absolute Gasteiger partial charge is 0.495 e. The Kier molecular flexibility index (Phi) is 8.74. The van der Waals surface area contributed by atoms with Crippen molar-refractivity contribution in [2.45, 2.75) is 19.6 Å². The molecule has 9 nitrogen and oxygen atoms in total. The van der Waals surface area contributed by atoms with Crippen LogP contribution in [0, 0.1) is 23.2 Å². The first-order chi connectivity index (χ1) is 19.3. The summed E-state index contributed by atoms with van der Waals surface area (Å²) in [4.78, 5) is 9.16. The predicted molar refractivity (Wildman–Crippen MR) is 156 cm³/mol. The van der Waals surface area contributed by atoms with Crippen LogP contribution < -0.4 is 19.5 Å². The average molecular weight is 587 g/mol. The Labute approximate surface area is 244 Å². The molecule has 1 aromatic heterocycles. The van der Waals surface area contributed by atoms with E-state index < -0.39 is 0 Å². The van der Waals surface area contributed by atoms with Gasteiger partial charge in [-0.15, -0.1) is 0 Å². The molecule has 212 valence electrons. The Morgan fingerprint density at radius 2 is 1.77 bits per heavy atom. The van der Waals surface area contributed by atoms with E-state index in [0.717, 1.165) is 39.1 Å². The zero-order chi connectivity index (χ0) is 28.4. The van der Waals surface area contributed by atoms with Gasteiger partial charge in [0.15, 0.2) is 11.5 Å². The fraction of sp³-hybridized carbons (Fsp3) is 0.448. The lowest BCUT2D eigenvalue weighted by Crippen LogP contribution is -2.34. The third-order valence-corrected chi connectivity index (χ3v) is 8.38. The fourth-order valence-corrected chi connectivity index (χ4v) is 6.20. The van der Waals surface area contributed by atoms with Crippen molar-refractivity contribution in [2.24, 2.45) is 11.8 Å². The normalized spacial score (nSPS) is 19.8. The summed E-state index contributed by atoms with van der Waals surface area (Å²) in [5.74, 6) is 2.85. The lowest BCUT2D eigenvalue weighted by atomic mass is 10.0. The molecule has 11 heteroatoms. The summed E-state index contributed by atoms with van der Waals surface area (Å²) in [7, 11) is 3.11. The molecule has 2 saturated heterocycles. The van der Waals surface area contributed by atoms with Crippen LogP contribution in [0.15, 0.2) is 30.5 Å². The molecule has 40 heavy (non-hydrogen) atoms. The smallest absolute Gasteiger partial charge is 0.163 e. The molecule has 2 aliphatic heterocycles. The van der Waals surface area contributed by atoms with E-state index in [1.165, 1.54) is 13.3 Å². The average Bonchev–Trinajstić information content (AvgIpc) is 3.51. The van der Waals surface area contributed by atoms with E-state index in [9.17, 15) is 10.4 Å². The van der Waals surface area contributed by atoms with Gasteiger partial charge in [-0.1, -0.05) is 23.2 Å². The number of aliphatic hydroxyl groups is 1. The van der Waals surface area contributed by atoms with Gasteiger partial charge in [-0.2, -0.15) is 5.26 Å². The Morgan fingerprint density at radius 3 is 2.42 bits per heavy atom. The van der Waals surface area contributed by atoms with Crippen molar-refractivity contribution < 1.29 is 19.3 Å². The molecule has 0 amide bonds. The fourth-order valence-electron chi connectivity index (χ4n) is 5.69. The van der Waals surface area contributed by atoms with E-state index in [1.807, 2.05) is 19.1 Å². The second-order valence-corrected chi connectivity index (χ2v) is 11.2. The molecule has 3 aromatic rings. The first-order valence-electron chi connectivity index (χ1n) is 13.3. The molecule has 1 unspecified atom stereocenters. The highest BCUT2D eigenvalue weighted by Crippen LogP contribution is 2.40. The minimum atomic E-state index is -0.365. The van der Waals surface area contributed by atoms with Gasteiger partial charge in [0.1, 0.15) is 18.0 Å². The minimum Gasteiger partial charge on any atom is -0.495 e. The Bertz CT molecular complexity index is 1420. The van der Waals surface area contributed by atoms with Gasteiger partial charge in [0, 0.05) is 56.4 Å². The van der Waals surface area contributed by atoms with Gasteiger partial charge in [0.2, 0.25) is 0 Å². The maximum absolute atomic E-state index is 9.86. The molecular formula is C29H33Cl2N5O4. The second kappa shape index (κ2) is 12.2. The van der Waals surface area contributed by atoms with Crippen molar-refractivity contribution in [3.63, 3.8) is 0 Å². The quantitative estimate of drug-likeness (QED) is 0.313. The number of rotatable bonds is 10. The number of fused-ring (bicyclic) bond motifs is 2. The number of nitrogens with zero attached hydrogens (tertiary/aromatic N) is 4. The molecule has 2 fully saturated rings. The Morgan fingerprint density at radius 1 is 1.05 bits per heavy atom. The van der Waals surface area contributed by atoms with Gasteiger partial charge in [-0.05, 0) is 37.3 Å². The highest BCUT2D eigenvalue weighted by atomic mass is 35.5. The third-order valence-electron chi connectivity index (χ3n) is 7.77. The van der Waals surface area contributed by atoms with Crippen LogP contribution >= 0.6 is 23.2 Å². The standard InChI is InChI=1S/C29H33Cl2N5O4/c1-17(37)36-15-19-13-35(14-20(19)16-36)5-4-6-40-28-9-24-21(7-27(28)39-3)29(18(11-32)12-33-24)34-25-10-26(38-2)23(31)8-22(25)30/h7-10,12,17,19-20,37H,4-6,13-16H2,1-3H3,(H,33,34)/t17?,19-,20+. The third kappa shape index (κ3) is 5.87. The van der Waals surface area contributed by atoms with E-state index in [0.29, 0.717) is 73.6 Å². The summed E-state index contributed by atoms with van der Waals surface area (Å²) >= 11 is 12.6. The number of halogens is 2. The van der Waals surface area contributed by atoms with E-state index in [2.05, 4.69) is 26.2 Å². The first-order valence-corrected chi connectivity index (χ1v) is 14.0. The van der Waals surface area contributed by atoms with E-state index >= 15 is 0 Å². The number of ether oxygens (including phenoxy) is 3. The molecule has 0 spiro atoms. The summed E-state index contributed by atoms with van der Waals surface area (Å²) < 4.78 is 17.1. The molecule has 3 atom stereocenters. The van der Waals surface area contributed by atoms with Gasteiger partial charge in [-0.25, -0.2) is 0 Å². The number of nitrogens with one attached hydrogen (secondary N) is 1. The summed E-state index contributed by atoms with van der Waals surface area (Å²) in [5, 5.41) is 24.4. The van der Waals surface area contributed by atoms with Crippen molar-refractivity contribution in [1.29, 1.82) is 5.26 Å². The molecule has 0 radical (unpaired) electrons. The van der Waals surface area contributed by atoms with Crippen LogP contribution in [-0.4, -0.2) is 79.7 Å². The predicted octanol–water partition coefficient (Wildman–Crippen LogP) is 5.14. The minimum absolute atomic E-state index is 0.347. The number of hydrogen-bond acceptors (Lipinski definition) is 9. The highest BCUT2D eigenvalue weighted by Gasteiger charge is 2.40. The van der Waals surface area contributed by atoms with Crippen LogP contribution in [0.1, 0.15) is 18.9 Å². The van der Waals surface area contributed by atoms with Gasteiger partial charge in [0.05, 0.1) is 53.3 Å². The maximum atomic E-state index is 9.86. The molecule has 5 rings (SSSR count). The van der Waals surface area contributed by atoms with E-state index in [1.54, 1.807) is 19.2 Å². The molecule has 0 saturated carbocycles. The molecule has 2 N–H and O–H groups in total. The zero-order valence-electron chi connectivity index (χ0n) is 22.8. The Hall–Kier alpha value is -3.00. The van der Waals surface area contributed by atoms with Crippen LogP contribution in [0.3, 0.4) is 0 Å². The summed E-state index contributed by atoms with van der Waals surface area (Å²) in [6, 6.07) is 9.11. The lowest BCUT2D eigenvalue weighted by Gasteiger charge is -2.23. The van der Waals surface area contributed by atoms with Crippen LogP contribution in [0.2, 0.25) is 10.0 Å². The van der Waals surface area contributed by atoms with Crippen LogP contribution in [0.4, 0.5) is 11.4 Å². The van der Waals surface area contributed by atoms with E-state index in [4.69, 9.17) is 37.4 Å². The van der Waals surface area contributed by atoms with Crippen LogP contribution in [-0.2, 0) is 0 Å². The number of benzene rings is 2. The second-order valence-electron chi connectivity index (χ2n) is 10.3. The van der Waals surface area contributed by atoms with Crippen molar-refractivity contribution in [1.82, 2.24) is 14.8 Å². The topological polar surface area (TPSA) is 103 Å². The van der Waals surface area contributed by atoms with Crippen molar-refractivity contribution in [2.75, 3.05) is 58.9 Å². The Balaban J connectivity index is 1.28. The van der Waals surface area contributed by atoms with Gasteiger partial charge < -0.3 is 29.5 Å². The number of methoxy groups -OCH3 is 2. The number of hydrogen-bond donors (Lipinski definition) is 2. The number of pyridine rings is 1. The number of aliphatic hydroxyl groups excluding tert-OH is 1. The molecule has 2 aromatic carbocycles. The number of anilines is 2. The van der Waals surface area contributed by atoms with Crippen molar-refractivity contribution in [3.8, 4) is 23.3 Å². The van der Waals surface area contributed by atoms with Crippen molar-refractivity contribution >= 4 is 45.5 Å². The zero-order valence-corrected chi connectivity index (χ0v) is 24.3. The highest BCUT2D eigenvalue weighted by molar-refractivity contribution is 6.37. The van der Waals surface area contributed by atoms with Gasteiger partial charge in [-0.3, -0.25) is 9.88 Å². The molecular weight excluding hydrogens is 553 g/mol. The summed E-state index contributed by atoms with van der Waals surface area (Å²) in [6.45, 7) is 7.42. The van der Waals surface area contributed by atoms with Crippen LogP contribution in [0.5, 0.6) is 17.2 Å². The number of likely N-dealkylation sites (tertiary alicyclic amines) is 2. The summed E-state index contributed by atoms with van der Waals surface area (Å²) in [5.41, 5.74) is 2.07. The first kappa shape index (κ1) is 28.5. The van der Waals surface area contributed by atoms with Crippen molar-refractivity contribution in [3.05, 3.63) is 46.1 Å². The maximum Gasteiger partial charge on any atom is 0.163 e. The molecule has 3 heterocycles. The summed E-state index contributed by atoms with van der Waals surface area (Å²) in [6.07, 6.45) is 2.03. The SMILES string of the molecule is COc1cc(Nc2c(C#N)cnc3cc(OCCCN4C[C@@H]5CN(C(C)O)C[C@@H]5C4)c(OC)cc23)c(Cl)cc1Cl.